The molecule has 1 unspecified atom stereocenters. The van der Waals surface area contributed by atoms with Crippen LogP contribution in [0, 0.1) is 0 Å². The van der Waals surface area contributed by atoms with E-state index in [2.05, 4.69) is 5.32 Å². The van der Waals surface area contributed by atoms with Crippen molar-refractivity contribution in [3.63, 3.8) is 0 Å². The standard InChI is InChI=1S/C12H15N3O3/c1-7-12(17)14-9-5-8(3-4-10(9)18-7)15(2)11(16)6-13/h3-5,7H,6,13H2,1-2H3,(H,14,17). The highest BCUT2D eigenvalue weighted by Gasteiger charge is 2.24. The Morgan fingerprint density at radius 2 is 2.28 bits per heavy atom. The molecule has 3 N–H and O–H groups in total. The van der Waals surface area contributed by atoms with Gasteiger partial charge in [-0.3, -0.25) is 9.59 Å². The van der Waals surface area contributed by atoms with Gasteiger partial charge in [-0.1, -0.05) is 0 Å². The third-order valence-electron chi connectivity index (χ3n) is 2.83. The number of carbonyl (C=O) groups excluding carboxylic acids is 2. The number of nitrogens with two attached hydrogens (primary N) is 1. The lowest BCUT2D eigenvalue weighted by Gasteiger charge is -2.25. The first-order valence-corrected chi connectivity index (χ1v) is 5.61. The van der Waals surface area contributed by atoms with Crippen LogP contribution in [0.5, 0.6) is 5.75 Å². The third-order valence-corrected chi connectivity index (χ3v) is 2.83. The highest BCUT2D eigenvalue weighted by molar-refractivity contribution is 5.99. The second-order valence-corrected chi connectivity index (χ2v) is 4.09. The van der Waals surface area contributed by atoms with Crippen molar-refractivity contribution in [1.29, 1.82) is 0 Å². The summed E-state index contributed by atoms with van der Waals surface area (Å²) in [5.41, 5.74) is 6.52. The van der Waals surface area contributed by atoms with Crippen LogP contribution in [-0.2, 0) is 9.59 Å². The fourth-order valence-corrected chi connectivity index (χ4v) is 1.69. The van der Waals surface area contributed by atoms with Gasteiger partial charge in [0.05, 0.1) is 12.2 Å². The molecule has 1 aliphatic heterocycles. The van der Waals surface area contributed by atoms with Crippen LogP contribution in [0.1, 0.15) is 6.92 Å². The van der Waals surface area contributed by atoms with E-state index in [9.17, 15) is 9.59 Å². The summed E-state index contributed by atoms with van der Waals surface area (Å²) in [6.45, 7) is 1.61. The van der Waals surface area contributed by atoms with Gasteiger partial charge < -0.3 is 20.7 Å². The van der Waals surface area contributed by atoms with E-state index < -0.39 is 6.10 Å². The summed E-state index contributed by atoms with van der Waals surface area (Å²) in [6.07, 6.45) is -0.508. The molecule has 18 heavy (non-hydrogen) atoms. The number of rotatable bonds is 2. The molecular weight excluding hydrogens is 234 g/mol. The topological polar surface area (TPSA) is 84.7 Å². The number of nitrogens with one attached hydrogen (secondary N) is 1. The van der Waals surface area contributed by atoms with Crippen molar-refractivity contribution in [2.45, 2.75) is 13.0 Å². The van der Waals surface area contributed by atoms with Crippen molar-refractivity contribution in [3.05, 3.63) is 18.2 Å². The molecule has 6 heteroatoms. The average Bonchev–Trinajstić information content (AvgIpc) is 2.37. The number of amides is 2. The molecule has 0 spiro atoms. The lowest BCUT2D eigenvalue weighted by Crippen LogP contribution is -2.35. The molecule has 96 valence electrons. The smallest absolute Gasteiger partial charge is 0.265 e. The van der Waals surface area contributed by atoms with E-state index in [-0.39, 0.29) is 18.4 Å². The number of benzene rings is 1. The summed E-state index contributed by atoms with van der Waals surface area (Å²) in [6, 6.07) is 5.16. The number of likely N-dealkylation sites (N-methyl/N-ethyl adjacent to an activating group) is 1. The minimum absolute atomic E-state index is 0.0620. The minimum Gasteiger partial charge on any atom is -0.479 e. The fraction of sp³-hybridized carbons (Fsp3) is 0.333. The minimum atomic E-state index is -0.508. The van der Waals surface area contributed by atoms with Gasteiger partial charge in [-0.15, -0.1) is 0 Å². The first kappa shape index (κ1) is 12.4. The Hall–Kier alpha value is -2.08. The van der Waals surface area contributed by atoms with Crippen LogP contribution in [0.15, 0.2) is 18.2 Å². The maximum absolute atomic E-state index is 11.5. The molecule has 0 bridgehead atoms. The largest absolute Gasteiger partial charge is 0.479 e. The molecule has 2 amide bonds. The monoisotopic (exact) mass is 249 g/mol. The van der Waals surface area contributed by atoms with Gasteiger partial charge in [0.1, 0.15) is 5.75 Å². The molecule has 0 aromatic heterocycles. The summed E-state index contributed by atoms with van der Waals surface area (Å²) in [4.78, 5) is 24.4. The summed E-state index contributed by atoms with van der Waals surface area (Å²) >= 11 is 0. The van der Waals surface area contributed by atoms with Crippen LogP contribution < -0.4 is 20.7 Å². The van der Waals surface area contributed by atoms with E-state index in [0.717, 1.165) is 0 Å². The number of hydrogen-bond donors (Lipinski definition) is 2. The molecule has 2 rings (SSSR count). The van der Waals surface area contributed by atoms with Crippen molar-refractivity contribution >= 4 is 23.2 Å². The van der Waals surface area contributed by atoms with E-state index in [1.54, 1.807) is 32.2 Å². The maximum atomic E-state index is 11.5. The van der Waals surface area contributed by atoms with Gasteiger partial charge in [0, 0.05) is 12.7 Å². The van der Waals surface area contributed by atoms with Crippen molar-refractivity contribution in [1.82, 2.24) is 0 Å². The van der Waals surface area contributed by atoms with E-state index in [1.165, 1.54) is 4.90 Å². The number of carbonyl (C=O) groups is 2. The number of fused-ring (bicyclic) bond motifs is 1. The number of nitrogens with zero attached hydrogens (tertiary/aromatic N) is 1. The van der Waals surface area contributed by atoms with E-state index in [4.69, 9.17) is 10.5 Å². The van der Waals surface area contributed by atoms with E-state index in [0.29, 0.717) is 17.1 Å². The molecule has 0 radical (unpaired) electrons. The molecule has 1 aromatic carbocycles. The Kier molecular flexibility index (Phi) is 3.20. The summed E-state index contributed by atoms with van der Waals surface area (Å²) in [5, 5.41) is 2.73. The second-order valence-electron chi connectivity index (χ2n) is 4.09. The highest BCUT2D eigenvalue weighted by atomic mass is 16.5. The van der Waals surface area contributed by atoms with E-state index >= 15 is 0 Å². The van der Waals surface area contributed by atoms with Crippen LogP contribution >= 0.6 is 0 Å². The molecule has 1 atom stereocenters. The predicted octanol–water partition coefficient (Wildman–Crippen LogP) is 0.328. The Morgan fingerprint density at radius 3 is 2.94 bits per heavy atom. The Balaban J connectivity index is 2.30. The van der Waals surface area contributed by atoms with Gasteiger partial charge in [0.25, 0.3) is 5.91 Å². The van der Waals surface area contributed by atoms with Crippen molar-refractivity contribution in [3.8, 4) is 5.75 Å². The summed E-state index contributed by atoms with van der Waals surface area (Å²) in [5.74, 6) is 0.193. The molecular formula is C12H15N3O3. The van der Waals surface area contributed by atoms with Crippen LogP contribution in [0.4, 0.5) is 11.4 Å². The zero-order valence-corrected chi connectivity index (χ0v) is 10.3. The normalized spacial score (nSPS) is 17.5. The van der Waals surface area contributed by atoms with Crippen LogP contribution in [-0.4, -0.2) is 31.5 Å². The maximum Gasteiger partial charge on any atom is 0.265 e. The summed E-state index contributed by atoms with van der Waals surface area (Å²) < 4.78 is 5.43. The zero-order valence-electron chi connectivity index (χ0n) is 10.3. The first-order valence-electron chi connectivity index (χ1n) is 5.61. The number of hydrogen-bond acceptors (Lipinski definition) is 4. The molecule has 0 aliphatic carbocycles. The Labute approximate surface area is 105 Å². The number of ether oxygens (including phenoxy) is 1. The molecule has 1 aliphatic rings. The fourth-order valence-electron chi connectivity index (χ4n) is 1.69. The van der Waals surface area contributed by atoms with Gasteiger partial charge in [-0.25, -0.2) is 0 Å². The third kappa shape index (κ3) is 2.14. The average molecular weight is 249 g/mol. The quantitative estimate of drug-likeness (QED) is 0.791. The Morgan fingerprint density at radius 1 is 1.56 bits per heavy atom. The van der Waals surface area contributed by atoms with Gasteiger partial charge in [0.2, 0.25) is 5.91 Å². The van der Waals surface area contributed by atoms with Gasteiger partial charge in [-0.2, -0.15) is 0 Å². The highest BCUT2D eigenvalue weighted by Crippen LogP contribution is 2.33. The van der Waals surface area contributed by atoms with Crippen LogP contribution in [0.3, 0.4) is 0 Å². The molecule has 0 saturated heterocycles. The van der Waals surface area contributed by atoms with Crippen molar-refractivity contribution in [2.24, 2.45) is 5.73 Å². The zero-order chi connectivity index (χ0) is 13.3. The molecule has 0 saturated carbocycles. The molecule has 0 fully saturated rings. The van der Waals surface area contributed by atoms with Crippen LogP contribution in [0.2, 0.25) is 0 Å². The lowest BCUT2D eigenvalue weighted by atomic mass is 10.2. The summed E-state index contributed by atoms with van der Waals surface area (Å²) in [7, 11) is 1.63. The molecule has 1 heterocycles. The lowest BCUT2D eigenvalue weighted by molar-refractivity contribution is -0.122. The van der Waals surface area contributed by atoms with E-state index in [1.807, 2.05) is 0 Å². The van der Waals surface area contributed by atoms with Gasteiger partial charge in [0.15, 0.2) is 6.10 Å². The number of anilines is 2. The second kappa shape index (κ2) is 4.66. The van der Waals surface area contributed by atoms with Crippen molar-refractivity contribution in [2.75, 3.05) is 23.8 Å². The predicted molar refractivity (Wildman–Crippen MR) is 67.6 cm³/mol. The Bertz CT molecular complexity index is 501. The van der Waals surface area contributed by atoms with Gasteiger partial charge in [-0.05, 0) is 25.1 Å². The SMILES string of the molecule is CC1Oc2ccc(N(C)C(=O)CN)cc2NC1=O. The molecule has 1 aromatic rings. The molecule has 6 nitrogen and oxygen atoms in total. The van der Waals surface area contributed by atoms with Crippen molar-refractivity contribution < 1.29 is 14.3 Å². The van der Waals surface area contributed by atoms with Crippen LogP contribution in [0.25, 0.3) is 0 Å². The van der Waals surface area contributed by atoms with Gasteiger partial charge >= 0.3 is 0 Å². The first-order chi connectivity index (χ1) is 8.52.